The zero-order chi connectivity index (χ0) is 25.1. The number of pyridine rings is 1. The second-order valence-corrected chi connectivity index (χ2v) is 9.47. The van der Waals surface area contributed by atoms with Gasteiger partial charge < -0.3 is 19.6 Å². The summed E-state index contributed by atoms with van der Waals surface area (Å²) in [5.41, 5.74) is 2.51. The zero-order valence-corrected chi connectivity index (χ0v) is 20.6. The lowest BCUT2D eigenvalue weighted by atomic mass is 9.96. The quantitative estimate of drug-likeness (QED) is 0.350. The van der Waals surface area contributed by atoms with Gasteiger partial charge in [-0.05, 0) is 48.2 Å². The maximum absolute atomic E-state index is 13.1. The molecule has 0 radical (unpaired) electrons. The molecule has 0 saturated carbocycles. The van der Waals surface area contributed by atoms with Crippen LogP contribution in [0.2, 0.25) is 10.2 Å². The van der Waals surface area contributed by atoms with Gasteiger partial charge in [-0.15, -0.1) is 0 Å². The second kappa shape index (κ2) is 11.0. The lowest BCUT2D eigenvalue weighted by molar-refractivity contribution is 0.109. The number of amidine groups is 1. The molecule has 1 saturated heterocycles. The van der Waals surface area contributed by atoms with E-state index < -0.39 is 6.43 Å². The standard InChI is InChI=1S/C26H23Cl2F2N3O3/c27-22-10-15(18-6-7-34-13-18)4-5-16(22)8-19-14-35-33-26(32-19)21-11-24(28)31-12-23(21)36-20-3-1-2-17(9-20)25(29)30/h1-5,9-12,18-19,25H,6-8,13-14H2,(H,32,33). The Morgan fingerprint density at radius 2 is 2.00 bits per heavy atom. The highest BCUT2D eigenvalue weighted by atomic mass is 35.5. The van der Waals surface area contributed by atoms with Gasteiger partial charge in [-0.3, -0.25) is 0 Å². The number of aromatic nitrogens is 1. The van der Waals surface area contributed by atoms with E-state index in [4.69, 9.17) is 37.5 Å². The molecular formula is C26H23Cl2F2N3O3. The summed E-state index contributed by atoms with van der Waals surface area (Å²) in [4.78, 5) is 9.58. The Kier molecular flexibility index (Phi) is 7.55. The molecule has 36 heavy (non-hydrogen) atoms. The molecule has 2 unspecified atom stereocenters. The van der Waals surface area contributed by atoms with Crippen LogP contribution in [0.25, 0.3) is 0 Å². The summed E-state index contributed by atoms with van der Waals surface area (Å²) in [6, 6.07) is 13.3. The molecule has 188 valence electrons. The monoisotopic (exact) mass is 533 g/mol. The van der Waals surface area contributed by atoms with E-state index in [0.29, 0.717) is 41.1 Å². The number of halogens is 4. The Morgan fingerprint density at radius 1 is 1.11 bits per heavy atom. The van der Waals surface area contributed by atoms with Crippen LogP contribution in [0.1, 0.15) is 41.0 Å². The third-order valence-corrected chi connectivity index (χ3v) is 6.70. The van der Waals surface area contributed by atoms with Crippen molar-refractivity contribution in [1.82, 2.24) is 10.3 Å². The van der Waals surface area contributed by atoms with Gasteiger partial charge in [-0.25, -0.2) is 13.8 Å². The van der Waals surface area contributed by atoms with Gasteiger partial charge in [0.1, 0.15) is 17.5 Å². The summed E-state index contributed by atoms with van der Waals surface area (Å²) >= 11 is 12.8. The van der Waals surface area contributed by atoms with Gasteiger partial charge in [0.15, 0.2) is 11.6 Å². The molecule has 3 heterocycles. The number of benzene rings is 2. The van der Waals surface area contributed by atoms with Gasteiger partial charge >= 0.3 is 0 Å². The Bertz CT molecular complexity index is 1270. The average Bonchev–Trinajstić information content (AvgIpc) is 3.42. The first-order valence-electron chi connectivity index (χ1n) is 11.5. The van der Waals surface area contributed by atoms with Gasteiger partial charge in [0, 0.05) is 23.1 Å². The second-order valence-electron chi connectivity index (χ2n) is 8.67. The summed E-state index contributed by atoms with van der Waals surface area (Å²) in [7, 11) is 0. The van der Waals surface area contributed by atoms with Crippen molar-refractivity contribution in [3.05, 3.63) is 87.2 Å². The Labute approximate surface area is 217 Å². The van der Waals surface area contributed by atoms with Gasteiger partial charge in [0.05, 0.1) is 24.4 Å². The smallest absolute Gasteiger partial charge is 0.263 e. The number of hydrogen-bond acceptors (Lipinski definition) is 6. The van der Waals surface area contributed by atoms with Crippen molar-refractivity contribution in [3.8, 4) is 11.5 Å². The van der Waals surface area contributed by atoms with E-state index in [1.165, 1.54) is 30.0 Å². The van der Waals surface area contributed by atoms with E-state index in [9.17, 15) is 8.78 Å². The first-order chi connectivity index (χ1) is 17.5. The van der Waals surface area contributed by atoms with E-state index in [1.807, 2.05) is 12.1 Å². The largest absolute Gasteiger partial charge is 0.455 e. The maximum Gasteiger partial charge on any atom is 0.263 e. The van der Waals surface area contributed by atoms with Crippen LogP contribution in [0.4, 0.5) is 8.78 Å². The molecule has 6 nitrogen and oxygen atoms in total. The summed E-state index contributed by atoms with van der Waals surface area (Å²) in [5.74, 6) is 1.31. The first kappa shape index (κ1) is 24.7. The van der Waals surface area contributed by atoms with E-state index >= 15 is 0 Å². The highest BCUT2D eigenvalue weighted by Crippen LogP contribution is 2.31. The van der Waals surface area contributed by atoms with Crippen LogP contribution in [-0.2, 0) is 16.0 Å². The van der Waals surface area contributed by atoms with E-state index in [1.54, 1.807) is 12.1 Å². The number of rotatable bonds is 7. The molecule has 0 amide bonds. The highest BCUT2D eigenvalue weighted by Gasteiger charge is 2.24. The summed E-state index contributed by atoms with van der Waals surface area (Å²) in [6.45, 7) is 1.83. The van der Waals surface area contributed by atoms with Crippen LogP contribution in [0, 0.1) is 0 Å². The Hall–Kier alpha value is -2.94. The van der Waals surface area contributed by atoms with Crippen molar-refractivity contribution in [2.75, 3.05) is 19.8 Å². The molecule has 2 aliphatic rings. The first-order valence-corrected chi connectivity index (χ1v) is 12.3. The normalized spacial score (nSPS) is 19.5. The molecule has 1 fully saturated rings. The van der Waals surface area contributed by atoms with Crippen molar-refractivity contribution >= 4 is 29.0 Å². The molecule has 10 heteroatoms. The minimum absolute atomic E-state index is 0.127. The fourth-order valence-corrected chi connectivity index (χ4v) is 4.68. The Morgan fingerprint density at radius 3 is 2.78 bits per heavy atom. The number of hydrogen-bond donors (Lipinski definition) is 1. The van der Waals surface area contributed by atoms with Crippen molar-refractivity contribution in [2.24, 2.45) is 5.16 Å². The lowest BCUT2D eigenvalue weighted by Gasteiger charge is -2.25. The average molecular weight is 534 g/mol. The molecule has 2 atom stereocenters. The molecule has 3 aromatic rings. The molecule has 5 rings (SSSR count). The van der Waals surface area contributed by atoms with Crippen LogP contribution in [-0.4, -0.2) is 36.7 Å². The van der Waals surface area contributed by atoms with Crippen LogP contribution < -0.4 is 10.1 Å². The molecule has 1 aromatic heterocycles. The third-order valence-electron chi connectivity index (χ3n) is 6.14. The minimum Gasteiger partial charge on any atom is -0.455 e. The molecule has 1 N–H and O–H groups in total. The van der Waals surface area contributed by atoms with E-state index in [-0.39, 0.29) is 22.5 Å². The van der Waals surface area contributed by atoms with Gasteiger partial charge in [-0.2, -0.15) is 0 Å². The molecule has 2 aromatic carbocycles. The lowest BCUT2D eigenvalue weighted by Crippen LogP contribution is -2.43. The third kappa shape index (κ3) is 5.72. The van der Waals surface area contributed by atoms with Crippen molar-refractivity contribution < 1.29 is 23.1 Å². The summed E-state index contributed by atoms with van der Waals surface area (Å²) < 4.78 is 37.6. The fraction of sp³-hybridized carbons (Fsp3) is 0.308. The van der Waals surface area contributed by atoms with Crippen molar-refractivity contribution in [2.45, 2.75) is 31.2 Å². The van der Waals surface area contributed by atoms with Gasteiger partial charge in [-0.1, -0.05) is 52.6 Å². The zero-order valence-electron chi connectivity index (χ0n) is 19.1. The Balaban J connectivity index is 1.33. The number of oxime groups is 1. The number of ether oxygens (including phenoxy) is 2. The van der Waals surface area contributed by atoms with Crippen LogP contribution in [0.3, 0.4) is 0 Å². The molecule has 0 spiro atoms. The SMILES string of the molecule is FC(F)c1cccc(Oc2cnc(Cl)cc2C2=NOCC(Cc3ccc(C4CCOC4)cc3Cl)N2)c1. The topological polar surface area (TPSA) is 65.0 Å². The number of nitrogens with one attached hydrogen (secondary N) is 1. The predicted octanol–water partition coefficient (Wildman–Crippen LogP) is 6.51. The predicted molar refractivity (Wildman–Crippen MR) is 133 cm³/mol. The fourth-order valence-electron chi connectivity index (χ4n) is 4.26. The maximum atomic E-state index is 13.1. The number of nitrogens with zero attached hydrogens (tertiary/aromatic N) is 2. The van der Waals surface area contributed by atoms with Crippen LogP contribution >= 0.6 is 23.2 Å². The van der Waals surface area contributed by atoms with Crippen molar-refractivity contribution in [1.29, 1.82) is 0 Å². The van der Waals surface area contributed by atoms with Crippen LogP contribution in [0.15, 0.2) is 59.9 Å². The molecule has 2 aliphatic heterocycles. The summed E-state index contributed by atoms with van der Waals surface area (Å²) in [5, 5.41) is 8.42. The van der Waals surface area contributed by atoms with E-state index in [0.717, 1.165) is 25.2 Å². The highest BCUT2D eigenvalue weighted by molar-refractivity contribution is 6.31. The van der Waals surface area contributed by atoms with E-state index in [2.05, 4.69) is 21.5 Å². The van der Waals surface area contributed by atoms with Gasteiger partial charge in [0.2, 0.25) is 0 Å². The van der Waals surface area contributed by atoms with Crippen LogP contribution in [0.5, 0.6) is 11.5 Å². The molecule has 0 aliphatic carbocycles. The van der Waals surface area contributed by atoms with Crippen molar-refractivity contribution in [3.63, 3.8) is 0 Å². The summed E-state index contributed by atoms with van der Waals surface area (Å²) in [6.07, 6.45) is 0.411. The van der Waals surface area contributed by atoms with Gasteiger partial charge in [0.25, 0.3) is 6.43 Å². The minimum atomic E-state index is -2.61. The number of alkyl halides is 2. The molecular weight excluding hydrogens is 511 g/mol. The molecule has 0 bridgehead atoms.